The molecule has 0 saturated carbocycles. The Bertz CT molecular complexity index is 353. The van der Waals surface area contributed by atoms with Crippen molar-refractivity contribution in [1.29, 1.82) is 0 Å². The standard InChI is InChI=1S/C11H15F5O4/c1-4-7(20-8(17)6(2)3)11(15,16)9(18)19-5-10(12,13)14/h7-8,17H,2,4-5H2,1,3H3. The second-order valence-electron chi connectivity index (χ2n) is 4.05. The van der Waals surface area contributed by atoms with Gasteiger partial charge in [-0.25, -0.2) is 4.79 Å². The van der Waals surface area contributed by atoms with Gasteiger partial charge in [0.2, 0.25) is 0 Å². The molecule has 9 heteroatoms. The number of halogens is 5. The average Bonchev–Trinajstić information content (AvgIpc) is 2.30. The summed E-state index contributed by atoms with van der Waals surface area (Å²) in [4.78, 5) is 11.0. The maximum atomic E-state index is 13.6. The Hall–Kier alpha value is -1.22. The van der Waals surface area contributed by atoms with Crippen LogP contribution in [0.3, 0.4) is 0 Å². The molecule has 0 rings (SSSR count). The van der Waals surface area contributed by atoms with E-state index in [4.69, 9.17) is 0 Å². The molecule has 0 radical (unpaired) electrons. The van der Waals surface area contributed by atoms with E-state index in [1.807, 2.05) is 0 Å². The Balaban J connectivity index is 4.79. The van der Waals surface area contributed by atoms with E-state index in [-0.39, 0.29) is 5.57 Å². The lowest BCUT2D eigenvalue weighted by Crippen LogP contribution is -2.46. The maximum Gasteiger partial charge on any atom is 0.422 e. The van der Waals surface area contributed by atoms with Crippen molar-refractivity contribution in [1.82, 2.24) is 0 Å². The Morgan fingerprint density at radius 1 is 1.30 bits per heavy atom. The van der Waals surface area contributed by atoms with Crippen LogP contribution < -0.4 is 0 Å². The zero-order valence-electron chi connectivity index (χ0n) is 10.8. The highest BCUT2D eigenvalue weighted by Crippen LogP contribution is 2.28. The molecule has 1 N–H and O–H groups in total. The normalized spacial score (nSPS) is 15.6. The highest BCUT2D eigenvalue weighted by Gasteiger charge is 2.50. The molecule has 0 fully saturated rings. The highest BCUT2D eigenvalue weighted by molar-refractivity contribution is 5.78. The first-order chi connectivity index (χ1) is 8.91. The van der Waals surface area contributed by atoms with Crippen molar-refractivity contribution in [3.05, 3.63) is 12.2 Å². The Labute approximate surface area is 112 Å². The van der Waals surface area contributed by atoms with E-state index in [9.17, 15) is 31.9 Å². The summed E-state index contributed by atoms with van der Waals surface area (Å²) < 4.78 is 70.5. The summed E-state index contributed by atoms with van der Waals surface area (Å²) in [6, 6.07) is 0. The first kappa shape index (κ1) is 18.8. The molecule has 0 bridgehead atoms. The third kappa shape index (κ3) is 5.83. The predicted molar refractivity (Wildman–Crippen MR) is 57.9 cm³/mol. The molecule has 118 valence electrons. The number of ether oxygens (including phenoxy) is 2. The van der Waals surface area contributed by atoms with Crippen molar-refractivity contribution < 1.29 is 41.3 Å². The summed E-state index contributed by atoms with van der Waals surface area (Å²) in [6.45, 7) is 3.63. The lowest BCUT2D eigenvalue weighted by Gasteiger charge is -2.26. The number of hydrogen-bond donors (Lipinski definition) is 1. The summed E-state index contributed by atoms with van der Waals surface area (Å²) in [5.41, 5.74) is 0.00269. The fourth-order valence-corrected chi connectivity index (χ4v) is 1.08. The second-order valence-corrected chi connectivity index (χ2v) is 4.05. The van der Waals surface area contributed by atoms with Crippen LogP contribution in [0.5, 0.6) is 0 Å². The van der Waals surface area contributed by atoms with Gasteiger partial charge >= 0.3 is 18.1 Å². The first-order valence-electron chi connectivity index (χ1n) is 5.52. The van der Waals surface area contributed by atoms with Gasteiger partial charge in [-0.1, -0.05) is 13.5 Å². The van der Waals surface area contributed by atoms with Crippen molar-refractivity contribution in [2.45, 2.75) is 44.8 Å². The fourth-order valence-electron chi connectivity index (χ4n) is 1.08. The van der Waals surface area contributed by atoms with Gasteiger partial charge in [-0.3, -0.25) is 0 Å². The molecule has 2 unspecified atom stereocenters. The Morgan fingerprint density at radius 2 is 1.80 bits per heavy atom. The molecular weight excluding hydrogens is 291 g/mol. The summed E-state index contributed by atoms with van der Waals surface area (Å²) in [6.07, 6.45) is -9.24. The van der Waals surface area contributed by atoms with Gasteiger partial charge in [0.15, 0.2) is 12.9 Å². The minimum atomic E-state index is -4.91. The molecule has 0 aromatic heterocycles. The summed E-state index contributed by atoms with van der Waals surface area (Å²) in [7, 11) is 0. The topological polar surface area (TPSA) is 55.8 Å². The van der Waals surface area contributed by atoms with Gasteiger partial charge in [0.05, 0.1) is 0 Å². The molecular formula is C11H15F5O4. The van der Waals surface area contributed by atoms with Crippen molar-refractivity contribution >= 4 is 5.97 Å². The van der Waals surface area contributed by atoms with Crippen LogP contribution in [0.1, 0.15) is 20.3 Å². The van der Waals surface area contributed by atoms with Crippen molar-refractivity contribution in [2.24, 2.45) is 0 Å². The molecule has 0 aliphatic heterocycles. The van der Waals surface area contributed by atoms with Crippen LogP contribution in [0.15, 0.2) is 12.2 Å². The van der Waals surface area contributed by atoms with E-state index in [1.165, 1.54) is 13.8 Å². The van der Waals surface area contributed by atoms with Gasteiger partial charge in [0.1, 0.15) is 6.10 Å². The molecule has 0 aromatic rings. The second kappa shape index (κ2) is 6.98. The lowest BCUT2D eigenvalue weighted by atomic mass is 10.1. The van der Waals surface area contributed by atoms with Crippen LogP contribution in [-0.4, -0.2) is 42.2 Å². The zero-order chi connectivity index (χ0) is 16.1. The zero-order valence-corrected chi connectivity index (χ0v) is 10.8. The van der Waals surface area contributed by atoms with E-state index in [0.717, 1.165) is 0 Å². The van der Waals surface area contributed by atoms with Crippen molar-refractivity contribution in [3.63, 3.8) is 0 Å². The van der Waals surface area contributed by atoms with Gasteiger partial charge in [-0.05, 0) is 18.9 Å². The van der Waals surface area contributed by atoms with Gasteiger partial charge in [0.25, 0.3) is 0 Å². The van der Waals surface area contributed by atoms with E-state index < -0.39 is 43.5 Å². The van der Waals surface area contributed by atoms with Crippen LogP contribution >= 0.6 is 0 Å². The number of aliphatic hydroxyl groups excluding tert-OH is 1. The number of carbonyl (C=O) groups excluding carboxylic acids is 1. The predicted octanol–water partition coefficient (Wildman–Crippen LogP) is 2.42. The van der Waals surface area contributed by atoms with Crippen LogP contribution in [0, 0.1) is 0 Å². The smallest absolute Gasteiger partial charge is 0.422 e. The quantitative estimate of drug-likeness (QED) is 0.340. The van der Waals surface area contributed by atoms with Crippen LogP contribution in [0.4, 0.5) is 22.0 Å². The molecule has 4 nitrogen and oxygen atoms in total. The molecule has 0 saturated heterocycles. The molecule has 0 heterocycles. The van der Waals surface area contributed by atoms with E-state index in [2.05, 4.69) is 16.1 Å². The number of rotatable bonds is 7. The van der Waals surface area contributed by atoms with Gasteiger partial charge < -0.3 is 14.6 Å². The number of hydrogen-bond acceptors (Lipinski definition) is 4. The fraction of sp³-hybridized carbons (Fsp3) is 0.727. The Kier molecular flexibility index (Phi) is 6.55. The number of aliphatic hydroxyl groups is 1. The minimum Gasteiger partial charge on any atom is -0.452 e. The minimum absolute atomic E-state index is 0.00269. The van der Waals surface area contributed by atoms with Crippen LogP contribution in [-0.2, 0) is 14.3 Å². The monoisotopic (exact) mass is 306 g/mol. The summed E-state index contributed by atoms with van der Waals surface area (Å²) in [5.74, 6) is -6.69. The largest absolute Gasteiger partial charge is 0.452 e. The molecule has 0 amide bonds. The van der Waals surface area contributed by atoms with Crippen molar-refractivity contribution in [3.8, 4) is 0 Å². The number of carbonyl (C=O) groups is 1. The van der Waals surface area contributed by atoms with E-state index >= 15 is 0 Å². The maximum absolute atomic E-state index is 13.6. The Morgan fingerprint density at radius 3 is 2.15 bits per heavy atom. The molecule has 0 aromatic carbocycles. The summed E-state index contributed by atoms with van der Waals surface area (Å²) >= 11 is 0. The molecule has 0 spiro atoms. The molecule has 0 aliphatic carbocycles. The van der Waals surface area contributed by atoms with Gasteiger partial charge in [0, 0.05) is 0 Å². The third-order valence-electron chi connectivity index (χ3n) is 2.13. The molecule has 0 aliphatic rings. The van der Waals surface area contributed by atoms with Crippen LogP contribution in [0.25, 0.3) is 0 Å². The van der Waals surface area contributed by atoms with Crippen LogP contribution in [0.2, 0.25) is 0 Å². The number of esters is 1. The average molecular weight is 306 g/mol. The lowest BCUT2D eigenvalue weighted by molar-refractivity contribution is -0.231. The van der Waals surface area contributed by atoms with E-state index in [0.29, 0.717) is 0 Å². The van der Waals surface area contributed by atoms with E-state index in [1.54, 1.807) is 0 Å². The first-order valence-corrected chi connectivity index (χ1v) is 5.52. The molecule has 2 atom stereocenters. The summed E-state index contributed by atoms with van der Waals surface area (Å²) in [5, 5.41) is 9.25. The highest BCUT2D eigenvalue weighted by atomic mass is 19.4. The van der Waals surface area contributed by atoms with Crippen molar-refractivity contribution in [2.75, 3.05) is 6.61 Å². The van der Waals surface area contributed by atoms with Gasteiger partial charge in [-0.2, -0.15) is 22.0 Å². The number of alkyl halides is 5. The molecule has 20 heavy (non-hydrogen) atoms. The third-order valence-corrected chi connectivity index (χ3v) is 2.13. The SMILES string of the molecule is C=C(C)C(O)OC(CC)C(F)(F)C(=O)OCC(F)(F)F. The van der Waals surface area contributed by atoms with Gasteiger partial charge in [-0.15, -0.1) is 0 Å².